The second-order valence-electron chi connectivity index (χ2n) is 6.59. The summed E-state index contributed by atoms with van der Waals surface area (Å²) in [5.41, 5.74) is 1.34. The number of aryl methyl sites for hydroxylation is 1. The molecule has 6 heteroatoms. The molecular formula is C24H18O6. The van der Waals surface area contributed by atoms with E-state index < -0.39 is 5.97 Å². The van der Waals surface area contributed by atoms with E-state index in [1.165, 1.54) is 31.6 Å². The molecule has 0 bridgehead atoms. The number of carbonyl (C=O) groups excluding carboxylic acids is 1. The maximum Gasteiger partial charge on any atom is 0.347 e. The molecule has 0 fully saturated rings. The van der Waals surface area contributed by atoms with Crippen molar-refractivity contribution in [3.8, 4) is 23.0 Å². The van der Waals surface area contributed by atoms with Crippen LogP contribution in [0.1, 0.15) is 15.9 Å². The first-order valence-corrected chi connectivity index (χ1v) is 9.20. The molecule has 0 atom stereocenters. The second kappa shape index (κ2) is 8.13. The van der Waals surface area contributed by atoms with E-state index >= 15 is 0 Å². The number of esters is 1. The average molecular weight is 402 g/mol. The van der Waals surface area contributed by atoms with E-state index in [0.717, 1.165) is 5.56 Å². The summed E-state index contributed by atoms with van der Waals surface area (Å²) in [5, 5.41) is 0.316. The van der Waals surface area contributed by atoms with Crippen LogP contribution in [0.5, 0.6) is 23.0 Å². The standard InChI is InChI=1S/C24H18O6/c1-15-7-9-16(10-8-15)29-22-14-28-21-13-17(11-12-18(21)23(22)25)30-24(26)19-5-3-4-6-20(19)27-2/h3-14H,1-2H3. The van der Waals surface area contributed by atoms with Gasteiger partial charge in [-0.2, -0.15) is 0 Å². The largest absolute Gasteiger partial charge is 0.496 e. The molecule has 30 heavy (non-hydrogen) atoms. The highest BCUT2D eigenvalue weighted by atomic mass is 16.5. The van der Waals surface area contributed by atoms with Gasteiger partial charge in [0.2, 0.25) is 11.2 Å². The van der Waals surface area contributed by atoms with E-state index in [9.17, 15) is 9.59 Å². The Morgan fingerprint density at radius 3 is 2.40 bits per heavy atom. The normalized spacial score (nSPS) is 10.6. The number of carbonyl (C=O) groups is 1. The van der Waals surface area contributed by atoms with Gasteiger partial charge in [0.1, 0.15) is 34.7 Å². The minimum Gasteiger partial charge on any atom is -0.496 e. The monoisotopic (exact) mass is 402 g/mol. The van der Waals surface area contributed by atoms with E-state index in [1.54, 1.807) is 36.4 Å². The molecule has 0 radical (unpaired) electrons. The molecule has 6 nitrogen and oxygen atoms in total. The minimum absolute atomic E-state index is 0.0742. The first-order valence-electron chi connectivity index (χ1n) is 9.20. The Labute approximate surface area is 172 Å². The zero-order valence-corrected chi connectivity index (χ0v) is 16.4. The summed E-state index contributed by atoms with van der Waals surface area (Å²) in [6.45, 7) is 1.96. The van der Waals surface area contributed by atoms with Crippen molar-refractivity contribution in [3.05, 3.63) is 94.3 Å². The Kier molecular flexibility index (Phi) is 5.22. The number of hydrogen-bond acceptors (Lipinski definition) is 6. The zero-order valence-electron chi connectivity index (χ0n) is 16.4. The fourth-order valence-corrected chi connectivity index (χ4v) is 2.93. The maximum atomic E-state index is 12.7. The molecular weight excluding hydrogens is 384 g/mol. The molecule has 0 spiro atoms. The van der Waals surface area contributed by atoms with Crippen molar-refractivity contribution < 1.29 is 23.4 Å². The van der Waals surface area contributed by atoms with Gasteiger partial charge in [0, 0.05) is 6.07 Å². The quantitative estimate of drug-likeness (QED) is 0.341. The topological polar surface area (TPSA) is 75.0 Å². The number of para-hydroxylation sites is 1. The van der Waals surface area contributed by atoms with E-state index in [4.69, 9.17) is 18.6 Å². The maximum absolute atomic E-state index is 12.7. The third-order valence-corrected chi connectivity index (χ3v) is 4.50. The van der Waals surface area contributed by atoms with Crippen molar-refractivity contribution in [2.24, 2.45) is 0 Å². The molecule has 0 aliphatic heterocycles. The fourth-order valence-electron chi connectivity index (χ4n) is 2.93. The third-order valence-electron chi connectivity index (χ3n) is 4.50. The number of rotatable bonds is 5. The predicted molar refractivity (Wildman–Crippen MR) is 112 cm³/mol. The summed E-state index contributed by atoms with van der Waals surface area (Å²) in [6.07, 6.45) is 1.25. The molecule has 0 aliphatic carbocycles. The lowest BCUT2D eigenvalue weighted by Crippen LogP contribution is -2.10. The van der Waals surface area contributed by atoms with Gasteiger partial charge in [0.15, 0.2) is 0 Å². The van der Waals surface area contributed by atoms with Crippen LogP contribution in [0.15, 0.2) is 82.2 Å². The van der Waals surface area contributed by atoms with Crippen LogP contribution in [-0.4, -0.2) is 13.1 Å². The molecule has 0 amide bonds. The van der Waals surface area contributed by atoms with Crippen molar-refractivity contribution in [3.63, 3.8) is 0 Å². The average Bonchev–Trinajstić information content (AvgIpc) is 2.77. The zero-order chi connectivity index (χ0) is 21.1. The molecule has 4 rings (SSSR count). The Bertz CT molecular complexity index is 1270. The van der Waals surface area contributed by atoms with Crippen LogP contribution >= 0.6 is 0 Å². The van der Waals surface area contributed by atoms with Gasteiger partial charge in [-0.05, 0) is 43.3 Å². The van der Waals surface area contributed by atoms with Crippen molar-refractivity contribution >= 4 is 16.9 Å². The van der Waals surface area contributed by atoms with Crippen molar-refractivity contribution in [2.75, 3.05) is 7.11 Å². The van der Waals surface area contributed by atoms with Gasteiger partial charge in [-0.25, -0.2) is 4.79 Å². The molecule has 3 aromatic carbocycles. The van der Waals surface area contributed by atoms with Crippen LogP contribution in [0.3, 0.4) is 0 Å². The number of hydrogen-bond donors (Lipinski definition) is 0. The number of ether oxygens (including phenoxy) is 3. The van der Waals surface area contributed by atoms with Gasteiger partial charge in [-0.1, -0.05) is 29.8 Å². The third kappa shape index (κ3) is 3.89. The molecule has 0 N–H and O–H groups in total. The fraction of sp³-hybridized carbons (Fsp3) is 0.0833. The van der Waals surface area contributed by atoms with Crippen molar-refractivity contribution in [2.45, 2.75) is 6.92 Å². The van der Waals surface area contributed by atoms with Gasteiger partial charge >= 0.3 is 5.97 Å². The van der Waals surface area contributed by atoms with Gasteiger partial charge in [-0.15, -0.1) is 0 Å². The predicted octanol–water partition coefficient (Wildman–Crippen LogP) is 5.12. The highest BCUT2D eigenvalue weighted by Crippen LogP contribution is 2.26. The SMILES string of the molecule is COc1ccccc1C(=O)Oc1ccc2c(=O)c(Oc3ccc(C)cc3)coc2c1. The van der Waals surface area contributed by atoms with E-state index in [2.05, 4.69) is 0 Å². The van der Waals surface area contributed by atoms with Gasteiger partial charge in [-0.3, -0.25) is 4.79 Å². The highest BCUT2D eigenvalue weighted by molar-refractivity contribution is 5.94. The number of benzene rings is 3. The first-order chi connectivity index (χ1) is 14.5. The first kappa shape index (κ1) is 19.3. The molecule has 0 aliphatic rings. The summed E-state index contributed by atoms with van der Waals surface area (Å²) < 4.78 is 21.8. The molecule has 1 aromatic heterocycles. The smallest absolute Gasteiger partial charge is 0.347 e. The molecule has 0 saturated carbocycles. The van der Waals surface area contributed by atoms with Crippen LogP contribution in [-0.2, 0) is 0 Å². The number of methoxy groups -OCH3 is 1. The van der Waals surface area contributed by atoms with Crippen LogP contribution < -0.4 is 19.6 Å². The van der Waals surface area contributed by atoms with Crippen LogP contribution in [0, 0.1) is 6.92 Å². The van der Waals surface area contributed by atoms with E-state index in [1.807, 2.05) is 19.1 Å². The van der Waals surface area contributed by atoms with Crippen molar-refractivity contribution in [1.82, 2.24) is 0 Å². The second-order valence-corrected chi connectivity index (χ2v) is 6.59. The lowest BCUT2D eigenvalue weighted by Gasteiger charge is -2.09. The lowest BCUT2D eigenvalue weighted by atomic mass is 10.2. The van der Waals surface area contributed by atoms with Crippen LogP contribution in [0.2, 0.25) is 0 Å². The minimum atomic E-state index is -0.575. The number of fused-ring (bicyclic) bond motifs is 1. The molecule has 4 aromatic rings. The summed E-state index contributed by atoms with van der Waals surface area (Å²) in [4.78, 5) is 25.2. The van der Waals surface area contributed by atoms with Crippen LogP contribution in [0.4, 0.5) is 0 Å². The molecule has 0 saturated heterocycles. The molecule has 0 unspecified atom stereocenters. The highest BCUT2D eigenvalue weighted by Gasteiger charge is 2.16. The summed E-state index contributed by atoms with van der Waals surface area (Å²) in [5.74, 6) is 0.690. The Morgan fingerprint density at radius 1 is 0.900 bits per heavy atom. The summed E-state index contributed by atoms with van der Waals surface area (Å²) in [6, 6.07) is 18.6. The van der Waals surface area contributed by atoms with Crippen molar-refractivity contribution in [1.29, 1.82) is 0 Å². The van der Waals surface area contributed by atoms with Gasteiger partial charge < -0.3 is 18.6 Å². The summed E-state index contributed by atoms with van der Waals surface area (Å²) in [7, 11) is 1.48. The Hall–Kier alpha value is -4.06. The van der Waals surface area contributed by atoms with Gasteiger partial charge in [0.25, 0.3) is 0 Å². The molecule has 1 heterocycles. The van der Waals surface area contributed by atoms with Crippen LogP contribution in [0.25, 0.3) is 11.0 Å². The summed E-state index contributed by atoms with van der Waals surface area (Å²) >= 11 is 0. The Balaban J connectivity index is 1.60. The van der Waals surface area contributed by atoms with E-state index in [0.29, 0.717) is 22.4 Å². The molecule has 150 valence electrons. The lowest BCUT2D eigenvalue weighted by molar-refractivity contribution is 0.0731. The van der Waals surface area contributed by atoms with Gasteiger partial charge in [0.05, 0.1) is 12.5 Å². The Morgan fingerprint density at radius 2 is 1.63 bits per heavy atom. The van der Waals surface area contributed by atoms with E-state index in [-0.39, 0.29) is 22.5 Å².